The quantitative estimate of drug-likeness (QED) is 0.778. The van der Waals surface area contributed by atoms with Crippen molar-refractivity contribution in [2.24, 2.45) is 0 Å². The topological polar surface area (TPSA) is 88.3 Å². The van der Waals surface area contributed by atoms with Gasteiger partial charge in [0, 0.05) is 36.1 Å². The van der Waals surface area contributed by atoms with E-state index in [2.05, 4.69) is 21.0 Å². The second kappa shape index (κ2) is 7.17. The monoisotopic (exact) mass is 393 g/mol. The third-order valence-corrected chi connectivity index (χ3v) is 6.86. The van der Waals surface area contributed by atoms with Gasteiger partial charge in [-0.05, 0) is 52.2 Å². The van der Waals surface area contributed by atoms with Crippen molar-refractivity contribution in [3.63, 3.8) is 0 Å². The molecule has 0 saturated carbocycles. The molecule has 2 aromatic rings. The summed E-state index contributed by atoms with van der Waals surface area (Å²) in [6, 6.07) is 4.99. The first-order valence-corrected chi connectivity index (χ1v) is 10.9. The number of thiazole rings is 1. The predicted octanol–water partition coefficient (Wildman–Crippen LogP) is 3.27. The molecule has 1 fully saturated rings. The highest BCUT2D eigenvalue weighted by Crippen LogP contribution is 2.36. The molecule has 141 valence electrons. The van der Waals surface area contributed by atoms with E-state index in [0.717, 1.165) is 35.9 Å². The Hall–Kier alpha value is -1.64. The van der Waals surface area contributed by atoms with Crippen LogP contribution in [0.15, 0.2) is 29.3 Å². The molecule has 1 saturated heterocycles. The van der Waals surface area contributed by atoms with Gasteiger partial charge in [0.25, 0.3) is 0 Å². The molecule has 1 aliphatic heterocycles. The lowest BCUT2D eigenvalue weighted by Crippen LogP contribution is -2.40. The average molecular weight is 394 g/mol. The van der Waals surface area contributed by atoms with Gasteiger partial charge in [0.2, 0.25) is 10.0 Å². The summed E-state index contributed by atoms with van der Waals surface area (Å²) in [4.78, 5) is 7.78. The number of anilines is 2. The van der Waals surface area contributed by atoms with Crippen molar-refractivity contribution in [3.8, 4) is 10.4 Å². The van der Waals surface area contributed by atoms with E-state index in [1.54, 1.807) is 18.3 Å². The predicted molar refractivity (Wildman–Crippen MR) is 108 cm³/mol. The third-order valence-electron chi connectivity index (χ3n) is 3.97. The Balaban J connectivity index is 2.00. The van der Waals surface area contributed by atoms with Crippen LogP contribution in [0.5, 0.6) is 0 Å². The Kier molecular flexibility index (Phi) is 5.28. The SMILES string of the molecule is CC(C)(C)NS(=O)(=O)c1cc(N)ccc1-c1cnc(N2CC[CH]CC2)s1. The van der Waals surface area contributed by atoms with E-state index in [0.29, 0.717) is 11.3 Å². The molecule has 26 heavy (non-hydrogen) atoms. The van der Waals surface area contributed by atoms with Gasteiger partial charge in [-0.25, -0.2) is 18.1 Å². The summed E-state index contributed by atoms with van der Waals surface area (Å²) in [7, 11) is -3.70. The number of piperidine rings is 1. The number of rotatable bonds is 4. The van der Waals surface area contributed by atoms with Crippen LogP contribution in [-0.2, 0) is 10.0 Å². The molecule has 0 unspecified atom stereocenters. The van der Waals surface area contributed by atoms with Crippen molar-refractivity contribution in [2.75, 3.05) is 23.7 Å². The molecule has 1 aromatic carbocycles. The number of nitrogens with two attached hydrogens (primary N) is 1. The van der Waals surface area contributed by atoms with E-state index in [4.69, 9.17) is 5.73 Å². The Morgan fingerprint density at radius 2 is 1.92 bits per heavy atom. The maximum atomic E-state index is 12.9. The van der Waals surface area contributed by atoms with E-state index < -0.39 is 15.6 Å². The van der Waals surface area contributed by atoms with E-state index in [1.807, 2.05) is 20.8 Å². The molecule has 0 amide bonds. The van der Waals surface area contributed by atoms with E-state index in [-0.39, 0.29) is 4.90 Å². The molecule has 6 nitrogen and oxygen atoms in total. The molecule has 0 atom stereocenters. The molecular weight excluding hydrogens is 368 g/mol. The summed E-state index contributed by atoms with van der Waals surface area (Å²) in [6.07, 6.45) is 6.13. The van der Waals surface area contributed by atoms with E-state index in [9.17, 15) is 8.42 Å². The van der Waals surface area contributed by atoms with Crippen LogP contribution < -0.4 is 15.4 Å². The minimum atomic E-state index is -3.70. The first-order chi connectivity index (χ1) is 12.2. The van der Waals surface area contributed by atoms with Crippen LogP contribution in [0.4, 0.5) is 10.8 Å². The Morgan fingerprint density at radius 1 is 1.23 bits per heavy atom. The minimum absolute atomic E-state index is 0.189. The van der Waals surface area contributed by atoms with Crippen molar-refractivity contribution in [2.45, 2.75) is 44.0 Å². The van der Waals surface area contributed by atoms with Crippen molar-refractivity contribution in [1.82, 2.24) is 9.71 Å². The summed E-state index contributed by atoms with van der Waals surface area (Å²) in [5, 5.41) is 0.928. The van der Waals surface area contributed by atoms with Crippen LogP contribution in [0.2, 0.25) is 0 Å². The van der Waals surface area contributed by atoms with Gasteiger partial charge < -0.3 is 10.6 Å². The Morgan fingerprint density at radius 3 is 2.58 bits per heavy atom. The molecule has 1 radical (unpaired) electrons. The first kappa shape index (κ1) is 19.1. The second-order valence-corrected chi connectivity index (χ2v) is 10.1. The van der Waals surface area contributed by atoms with Gasteiger partial charge in [0.05, 0.1) is 9.77 Å². The Labute approximate surface area is 159 Å². The molecule has 3 rings (SSSR count). The number of hydrogen-bond acceptors (Lipinski definition) is 6. The molecular formula is C18H25N4O2S2. The number of hydrogen-bond donors (Lipinski definition) is 2. The molecule has 0 bridgehead atoms. The summed E-state index contributed by atoms with van der Waals surface area (Å²) in [5.74, 6) is 0. The zero-order valence-corrected chi connectivity index (χ0v) is 17.0. The normalized spacial score (nSPS) is 16.0. The van der Waals surface area contributed by atoms with Crippen LogP contribution in [0.3, 0.4) is 0 Å². The fraction of sp³-hybridized carbons (Fsp3) is 0.444. The zero-order chi connectivity index (χ0) is 18.9. The van der Waals surface area contributed by atoms with E-state index >= 15 is 0 Å². The highest BCUT2D eigenvalue weighted by atomic mass is 32.2. The molecule has 1 aromatic heterocycles. The fourth-order valence-electron chi connectivity index (χ4n) is 2.90. The molecule has 0 spiro atoms. The second-order valence-electron chi connectivity index (χ2n) is 7.47. The lowest BCUT2D eigenvalue weighted by atomic mass is 10.1. The van der Waals surface area contributed by atoms with Crippen LogP contribution in [0, 0.1) is 6.42 Å². The Bertz CT molecular complexity index is 879. The van der Waals surface area contributed by atoms with Gasteiger partial charge in [-0.1, -0.05) is 17.4 Å². The number of nitrogens with one attached hydrogen (secondary N) is 1. The van der Waals surface area contributed by atoms with Crippen LogP contribution in [0.25, 0.3) is 10.4 Å². The summed E-state index contributed by atoms with van der Waals surface area (Å²) in [5.41, 5.74) is 6.34. The average Bonchev–Trinajstić information content (AvgIpc) is 3.03. The maximum Gasteiger partial charge on any atom is 0.241 e. The summed E-state index contributed by atoms with van der Waals surface area (Å²) in [6.45, 7) is 7.34. The third kappa shape index (κ3) is 4.36. The number of aromatic nitrogens is 1. The fourth-order valence-corrected chi connectivity index (χ4v) is 5.65. The van der Waals surface area contributed by atoms with Crippen molar-refractivity contribution >= 4 is 32.2 Å². The summed E-state index contributed by atoms with van der Waals surface area (Å²) < 4.78 is 28.5. The van der Waals surface area contributed by atoms with Crippen LogP contribution >= 0.6 is 11.3 Å². The highest BCUT2D eigenvalue weighted by molar-refractivity contribution is 7.89. The largest absolute Gasteiger partial charge is 0.399 e. The van der Waals surface area contributed by atoms with E-state index in [1.165, 1.54) is 17.4 Å². The van der Waals surface area contributed by atoms with Gasteiger partial charge in [-0.3, -0.25) is 0 Å². The van der Waals surface area contributed by atoms with Crippen LogP contribution in [-0.4, -0.2) is 32.0 Å². The van der Waals surface area contributed by atoms with Gasteiger partial charge in [-0.2, -0.15) is 0 Å². The van der Waals surface area contributed by atoms with Gasteiger partial charge in [0.1, 0.15) is 0 Å². The van der Waals surface area contributed by atoms with Gasteiger partial charge in [0.15, 0.2) is 5.13 Å². The molecule has 0 aliphatic carbocycles. The summed E-state index contributed by atoms with van der Waals surface area (Å²) >= 11 is 1.51. The number of sulfonamides is 1. The van der Waals surface area contributed by atoms with Crippen LogP contribution in [0.1, 0.15) is 33.6 Å². The number of benzene rings is 1. The smallest absolute Gasteiger partial charge is 0.241 e. The van der Waals surface area contributed by atoms with Gasteiger partial charge in [-0.15, -0.1) is 0 Å². The highest BCUT2D eigenvalue weighted by Gasteiger charge is 2.26. The molecule has 8 heteroatoms. The van der Waals surface area contributed by atoms with Crippen molar-refractivity contribution < 1.29 is 8.42 Å². The van der Waals surface area contributed by atoms with Crippen molar-refractivity contribution in [1.29, 1.82) is 0 Å². The molecule has 3 N–H and O–H groups in total. The molecule has 1 aliphatic rings. The molecule has 2 heterocycles. The zero-order valence-electron chi connectivity index (χ0n) is 15.3. The van der Waals surface area contributed by atoms with Gasteiger partial charge >= 0.3 is 0 Å². The number of nitrogen functional groups attached to an aromatic ring is 1. The minimum Gasteiger partial charge on any atom is -0.399 e. The van der Waals surface area contributed by atoms with Crippen molar-refractivity contribution in [3.05, 3.63) is 30.8 Å². The number of nitrogens with zero attached hydrogens (tertiary/aromatic N) is 2. The maximum absolute atomic E-state index is 12.9. The first-order valence-electron chi connectivity index (χ1n) is 8.62. The lowest BCUT2D eigenvalue weighted by Gasteiger charge is -2.25. The lowest BCUT2D eigenvalue weighted by molar-refractivity contribution is 0.491. The standard InChI is InChI=1S/C18H25N4O2S2/c1-18(2,3)21-26(23,24)16-11-13(19)7-8-14(16)15-12-20-17(25-15)22-9-5-4-6-10-22/h4,7-8,11-12,21H,5-6,9-10,19H2,1-3H3.